The Morgan fingerprint density at radius 2 is 1.91 bits per heavy atom. The maximum atomic E-state index is 4.71. The highest BCUT2D eigenvalue weighted by atomic mass is 15.3. The maximum absolute atomic E-state index is 4.71. The number of benzene rings is 1. The lowest BCUT2D eigenvalue weighted by Crippen LogP contribution is -2.39. The van der Waals surface area contributed by atoms with E-state index >= 15 is 0 Å². The minimum Gasteiger partial charge on any atom is -0.356 e. The number of hydrogen-bond donors (Lipinski definition) is 1. The molecule has 1 aromatic carbocycles. The molecular formula is C19H32N4. The molecule has 1 fully saturated rings. The number of aliphatic imine (C=N–C) groups is 1. The van der Waals surface area contributed by atoms with Crippen LogP contribution in [0, 0.1) is 5.92 Å². The zero-order valence-electron chi connectivity index (χ0n) is 15.0. The summed E-state index contributed by atoms with van der Waals surface area (Å²) in [6.45, 7) is 7.81. The molecule has 4 nitrogen and oxygen atoms in total. The van der Waals surface area contributed by atoms with Crippen LogP contribution in [0.15, 0.2) is 35.3 Å². The zero-order chi connectivity index (χ0) is 16.5. The van der Waals surface area contributed by atoms with E-state index in [1.165, 1.54) is 44.5 Å². The van der Waals surface area contributed by atoms with Crippen LogP contribution in [0.4, 0.5) is 0 Å². The Bertz CT molecular complexity index is 462. The van der Waals surface area contributed by atoms with E-state index < -0.39 is 0 Å². The van der Waals surface area contributed by atoms with Gasteiger partial charge in [0.25, 0.3) is 0 Å². The lowest BCUT2D eigenvalue weighted by Gasteiger charge is -2.30. The van der Waals surface area contributed by atoms with Crippen molar-refractivity contribution in [2.75, 3.05) is 40.3 Å². The molecule has 0 atom stereocenters. The molecule has 0 aromatic heterocycles. The van der Waals surface area contributed by atoms with Crippen molar-refractivity contribution in [2.45, 2.75) is 32.7 Å². The molecule has 1 aromatic rings. The van der Waals surface area contributed by atoms with Crippen LogP contribution >= 0.6 is 0 Å². The van der Waals surface area contributed by atoms with Crippen molar-refractivity contribution in [3.05, 3.63) is 35.9 Å². The third-order valence-electron chi connectivity index (χ3n) is 4.49. The highest BCUT2D eigenvalue weighted by Crippen LogP contribution is 2.15. The summed E-state index contributed by atoms with van der Waals surface area (Å²) in [5.74, 6) is 1.89. The van der Waals surface area contributed by atoms with Crippen molar-refractivity contribution in [2.24, 2.45) is 10.9 Å². The van der Waals surface area contributed by atoms with Crippen LogP contribution in [0.2, 0.25) is 0 Å². The van der Waals surface area contributed by atoms with Gasteiger partial charge in [-0.05, 0) is 50.4 Å². The molecule has 0 aliphatic carbocycles. The molecule has 1 aliphatic rings. The van der Waals surface area contributed by atoms with Crippen molar-refractivity contribution in [3.8, 4) is 0 Å². The molecule has 0 unspecified atom stereocenters. The summed E-state index contributed by atoms with van der Waals surface area (Å²) in [7, 11) is 4.09. The van der Waals surface area contributed by atoms with Crippen LogP contribution in [-0.4, -0.2) is 56.0 Å². The first kappa shape index (κ1) is 17.8. The van der Waals surface area contributed by atoms with Crippen LogP contribution in [0.3, 0.4) is 0 Å². The first-order valence-corrected chi connectivity index (χ1v) is 8.87. The Balaban J connectivity index is 1.70. The van der Waals surface area contributed by atoms with E-state index in [0.717, 1.165) is 25.0 Å². The summed E-state index contributed by atoms with van der Waals surface area (Å²) in [5, 5.41) is 3.49. The molecule has 23 heavy (non-hydrogen) atoms. The lowest BCUT2D eigenvalue weighted by molar-refractivity contribution is 0.191. The predicted octanol–water partition coefficient (Wildman–Crippen LogP) is 2.82. The Kier molecular flexibility index (Phi) is 7.40. The Hall–Kier alpha value is -1.55. The van der Waals surface area contributed by atoms with Crippen molar-refractivity contribution in [1.82, 2.24) is 15.1 Å². The third-order valence-corrected chi connectivity index (χ3v) is 4.49. The van der Waals surface area contributed by atoms with Gasteiger partial charge < -0.3 is 15.1 Å². The van der Waals surface area contributed by atoms with Gasteiger partial charge in [-0.15, -0.1) is 0 Å². The zero-order valence-corrected chi connectivity index (χ0v) is 15.0. The molecule has 1 saturated heterocycles. The number of hydrogen-bond acceptors (Lipinski definition) is 2. The van der Waals surface area contributed by atoms with Gasteiger partial charge in [-0.2, -0.15) is 0 Å². The number of nitrogens with zero attached hydrogens (tertiary/aromatic N) is 3. The molecule has 1 N–H and O–H groups in total. The van der Waals surface area contributed by atoms with Crippen LogP contribution < -0.4 is 5.32 Å². The molecule has 0 bridgehead atoms. The highest BCUT2D eigenvalue weighted by Gasteiger charge is 2.14. The second-order valence-electron chi connectivity index (χ2n) is 6.82. The molecule has 0 radical (unpaired) electrons. The molecule has 128 valence electrons. The molecular weight excluding hydrogens is 284 g/mol. The summed E-state index contributed by atoms with van der Waals surface area (Å²) < 4.78 is 0. The molecule has 2 rings (SSSR count). The Labute approximate surface area is 141 Å². The summed E-state index contributed by atoms with van der Waals surface area (Å²) in [6, 6.07) is 10.4. The van der Waals surface area contributed by atoms with E-state index in [9.17, 15) is 0 Å². The van der Waals surface area contributed by atoms with Gasteiger partial charge in [-0.1, -0.05) is 37.3 Å². The quantitative estimate of drug-likeness (QED) is 0.497. The summed E-state index contributed by atoms with van der Waals surface area (Å²) in [6.07, 6.45) is 3.89. The smallest absolute Gasteiger partial charge is 0.193 e. The standard InChI is InChI=1S/C19H32N4/c1-17-10-14-23(15-11-17)13-7-12-20-19(22(2)3)21-16-18-8-5-4-6-9-18/h4-6,8-9,17H,7,10-16H2,1-3H3,(H,20,21). The minimum absolute atomic E-state index is 0.728. The normalized spacial score (nSPS) is 17.3. The SMILES string of the molecule is CC1CCN(CCCNC(=NCc2ccccc2)N(C)C)CC1. The molecule has 1 aliphatic heterocycles. The van der Waals surface area contributed by atoms with E-state index in [1.807, 2.05) is 20.2 Å². The molecule has 0 saturated carbocycles. The van der Waals surface area contributed by atoms with Gasteiger partial charge in [0, 0.05) is 20.6 Å². The lowest BCUT2D eigenvalue weighted by atomic mass is 9.99. The summed E-state index contributed by atoms with van der Waals surface area (Å²) in [5.41, 5.74) is 1.25. The Morgan fingerprint density at radius 3 is 2.57 bits per heavy atom. The fraction of sp³-hybridized carbons (Fsp3) is 0.632. The monoisotopic (exact) mass is 316 g/mol. The van der Waals surface area contributed by atoms with Gasteiger partial charge in [0.1, 0.15) is 0 Å². The van der Waals surface area contributed by atoms with Gasteiger partial charge in [-0.3, -0.25) is 0 Å². The average Bonchev–Trinajstić information content (AvgIpc) is 2.56. The van der Waals surface area contributed by atoms with Crippen molar-refractivity contribution in [1.29, 1.82) is 0 Å². The second-order valence-corrected chi connectivity index (χ2v) is 6.82. The largest absolute Gasteiger partial charge is 0.356 e. The van der Waals surface area contributed by atoms with Gasteiger partial charge in [-0.25, -0.2) is 4.99 Å². The number of rotatable bonds is 6. The number of piperidine rings is 1. The third kappa shape index (κ3) is 6.61. The van der Waals surface area contributed by atoms with E-state index in [4.69, 9.17) is 4.99 Å². The fourth-order valence-electron chi connectivity index (χ4n) is 2.89. The van der Waals surface area contributed by atoms with Gasteiger partial charge in [0.05, 0.1) is 6.54 Å². The van der Waals surface area contributed by atoms with Crippen molar-refractivity contribution < 1.29 is 0 Å². The maximum Gasteiger partial charge on any atom is 0.193 e. The topological polar surface area (TPSA) is 30.9 Å². The summed E-state index contributed by atoms with van der Waals surface area (Å²) in [4.78, 5) is 9.36. The molecule has 0 spiro atoms. The number of guanidine groups is 1. The van der Waals surface area contributed by atoms with Gasteiger partial charge in [0.2, 0.25) is 0 Å². The number of likely N-dealkylation sites (tertiary alicyclic amines) is 1. The van der Waals surface area contributed by atoms with Gasteiger partial charge in [0.15, 0.2) is 5.96 Å². The molecule has 1 heterocycles. The second kappa shape index (κ2) is 9.56. The van der Waals surface area contributed by atoms with Crippen molar-refractivity contribution in [3.63, 3.8) is 0 Å². The van der Waals surface area contributed by atoms with Crippen LogP contribution in [0.1, 0.15) is 31.7 Å². The highest BCUT2D eigenvalue weighted by molar-refractivity contribution is 5.79. The van der Waals surface area contributed by atoms with E-state index in [-0.39, 0.29) is 0 Å². The molecule has 4 heteroatoms. The average molecular weight is 316 g/mol. The first-order chi connectivity index (χ1) is 11.1. The van der Waals surface area contributed by atoms with Crippen LogP contribution in [0.5, 0.6) is 0 Å². The number of nitrogens with one attached hydrogen (secondary N) is 1. The van der Waals surface area contributed by atoms with E-state index in [2.05, 4.69) is 46.3 Å². The fourth-order valence-corrected chi connectivity index (χ4v) is 2.89. The predicted molar refractivity (Wildman–Crippen MR) is 98.7 cm³/mol. The summed E-state index contributed by atoms with van der Waals surface area (Å²) >= 11 is 0. The van der Waals surface area contributed by atoms with E-state index in [1.54, 1.807) is 0 Å². The van der Waals surface area contributed by atoms with Crippen molar-refractivity contribution >= 4 is 5.96 Å². The van der Waals surface area contributed by atoms with Crippen LogP contribution in [-0.2, 0) is 6.54 Å². The van der Waals surface area contributed by atoms with Gasteiger partial charge >= 0.3 is 0 Å². The molecule has 0 amide bonds. The first-order valence-electron chi connectivity index (χ1n) is 8.87. The Morgan fingerprint density at radius 1 is 1.22 bits per heavy atom. The minimum atomic E-state index is 0.728. The van der Waals surface area contributed by atoms with Crippen LogP contribution in [0.25, 0.3) is 0 Å². The van der Waals surface area contributed by atoms with E-state index in [0.29, 0.717) is 0 Å².